The Kier molecular flexibility index (Phi) is 3.32. The van der Waals surface area contributed by atoms with Crippen molar-refractivity contribution in [3.8, 4) is 0 Å². The maximum absolute atomic E-state index is 12.0. The first-order chi connectivity index (χ1) is 10.8. The molecule has 4 N–H and O–H groups in total. The van der Waals surface area contributed by atoms with Gasteiger partial charge in [0.25, 0.3) is 5.91 Å². The Bertz CT molecular complexity index is 732. The van der Waals surface area contributed by atoms with Gasteiger partial charge in [-0.1, -0.05) is 12.1 Å². The Morgan fingerprint density at radius 3 is 2.61 bits per heavy atom. The molecule has 1 aliphatic heterocycles. The number of benzene rings is 1. The van der Waals surface area contributed by atoms with Crippen LogP contribution in [0.3, 0.4) is 0 Å². The molecule has 8 nitrogen and oxygen atoms in total. The van der Waals surface area contributed by atoms with Crippen LogP contribution in [0.15, 0.2) is 24.3 Å². The Morgan fingerprint density at radius 1 is 1.30 bits per heavy atom. The summed E-state index contributed by atoms with van der Waals surface area (Å²) in [4.78, 5) is 46.1. The van der Waals surface area contributed by atoms with E-state index >= 15 is 0 Å². The number of nitrogens with one attached hydrogen (secondary N) is 3. The van der Waals surface area contributed by atoms with Gasteiger partial charge in [0.1, 0.15) is 5.54 Å². The van der Waals surface area contributed by atoms with Crippen LogP contribution in [0.25, 0.3) is 0 Å². The van der Waals surface area contributed by atoms with E-state index in [1.165, 1.54) is 0 Å². The fraction of sp³-hybridized carbons (Fsp3) is 0.333. The topological polar surface area (TPSA) is 125 Å². The van der Waals surface area contributed by atoms with Crippen LogP contribution in [-0.4, -0.2) is 28.9 Å². The van der Waals surface area contributed by atoms with Gasteiger partial charge < -0.3 is 15.7 Å². The van der Waals surface area contributed by atoms with Crippen LogP contribution < -0.4 is 16.0 Å². The largest absolute Gasteiger partial charge is 0.481 e. The van der Waals surface area contributed by atoms with Crippen molar-refractivity contribution in [2.75, 3.05) is 5.32 Å². The fourth-order valence-corrected chi connectivity index (χ4v) is 2.65. The van der Waals surface area contributed by atoms with Gasteiger partial charge in [0.05, 0.1) is 11.8 Å². The molecule has 2 fully saturated rings. The van der Waals surface area contributed by atoms with E-state index in [0.29, 0.717) is 17.7 Å². The molecule has 0 aromatic heterocycles. The van der Waals surface area contributed by atoms with Crippen LogP contribution in [0.2, 0.25) is 0 Å². The number of imide groups is 1. The van der Waals surface area contributed by atoms with Crippen LogP contribution in [0, 0.1) is 11.8 Å². The summed E-state index contributed by atoms with van der Waals surface area (Å²) >= 11 is 0. The summed E-state index contributed by atoms with van der Waals surface area (Å²) in [6.07, 6.45) is 0.330. The van der Waals surface area contributed by atoms with E-state index in [1.54, 1.807) is 31.2 Å². The summed E-state index contributed by atoms with van der Waals surface area (Å²) in [5, 5.41) is 16.2. The zero-order chi connectivity index (χ0) is 16.8. The van der Waals surface area contributed by atoms with Gasteiger partial charge in [-0.3, -0.25) is 19.7 Å². The normalized spacial score (nSPS) is 28.7. The molecular formula is C15H15N3O5. The molecule has 1 aliphatic carbocycles. The molecule has 4 amide bonds. The molecule has 3 unspecified atom stereocenters. The third kappa shape index (κ3) is 2.63. The summed E-state index contributed by atoms with van der Waals surface area (Å²) in [6.45, 7) is 1.56. The maximum Gasteiger partial charge on any atom is 0.322 e. The highest BCUT2D eigenvalue weighted by atomic mass is 16.4. The second kappa shape index (κ2) is 5.08. The van der Waals surface area contributed by atoms with Gasteiger partial charge in [-0.05, 0) is 31.0 Å². The number of anilines is 1. The standard InChI is InChI=1S/C15H15N3O5/c1-15(13(22)17-14(23)18-15)7-3-2-4-8(5-7)16-11(19)9-6-10(9)12(20)21/h2-5,9-10H,6H2,1H3,(H,16,19)(H,20,21)(H2,17,18,22,23). The van der Waals surface area contributed by atoms with Gasteiger partial charge in [0, 0.05) is 5.69 Å². The fourth-order valence-electron chi connectivity index (χ4n) is 2.65. The first-order valence-electron chi connectivity index (χ1n) is 7.09. The van der Waals surface area contributed by atoms with E-state index in [2.05, 4.69) is 16.0 Å². The van der Waals surface area contributed by atoms with Crippen molar-refractivity contribution in [3.63, 3.8) is 0 Å². The summed E-state index contributed by atoms with van der Waals surface area (Å²) in [5.74, 6) is -2.97. The predicted octanol–water partition coefficient (Wildman–Crippen LogP) is 0.400. The lowest BCUT2D eigenvalue weighted by atomic mass is 9.92. The Hall–Kier alpha value is -2.90. The first kappa shape index (κ1) is 15.0. The molecule has 3 rings (SSSR count). The first-order valence-corrected chi connectivity index (χ1v) is 7.09. The highest BCUT2D eigenvalue weighted by Gasteiger charge is 2.48. The van der Waals surface area contributed by atoms with Crippen molar-refractivity contribution >= 4 is 29.5 Å². The van der Waals surface area contributed by atoms with Crippen LogP contribution in [0.1, 0.15) is 18.9 Å². The molecule has 0 radical (unpaired) electrons. The van der Waals surface area contributed by atoms with Gasteiger partial charge in [-0.2, -0.15) is 0 Å². The Morgan fingerprint density at radius 2 is 2.04 bits per heavy atom. The van der Waals surface area contributed by atoms with Gasteiger partial charge in [0.15, 0.2) is 0 Å². The monoisotopic (exact) mass is 317 g/mol. The van der Waals surface area contributed by atoms with Crippen molar-refractivity contribution in [2.45, 2.75) is 18.9 Å². The van der Waals surface area contributed by atoms with Crippen LogP contribution in [-0.2, 0) is 19.9 Å². The van der Waals surface area contributed by atoms with Gasteiger partial charge in [-0.15, -0.1) is 0 Å². The lowest BCUT2D eigenvalue weighted by Gasteiger charge is -2.21. The van der Waals surface area contributed by atoms with Crippen LogP contribution in [0.5, 0.6) is 0 Å². The molecule has 0 spiro atoms. The van der Waals surface area contributed by atoms with Crippen molar-refractivity contribution < 1.29 is 24.3 Å². The minimum atomic E-state index is -1.21. The molecule has 1 aromatic carbocycles. The Balaban J connectivity index is 1.76. The number of amides is 4. The van der Waals surface area contributed by atoms with E-state index in [4.69, 9.17) is 5.11 Å². The van der Waals surface area contributed by atoms with E-state index in [-0.39, 0.29) is 5.91 Å². The zero-order valence-electron chi connectivity index (χ0n) is 12.3. The SMILES string of the molecule is CC1(c2cccc(NC(=O)C3CC3C(=O)O)c2)NC(=O)NC1=O. The molecule has 0 bridgehead atoms. The van der Waals surface area contributed by atoms with Crippen molar-refractivity contribution in [2.24, 2.45) is 11.8 Å². The molecule has 23 heavy (non-hydrogen) atoms. The number of carboxylic acids is 1. The number of urea groups is 1. The lowest BCUT2D eigenvalue weighted by molar-refractivity contribution is -0.139. The third-order valence-electron chi connectivity index (χ3n) is 4.20. The number of carbonyl (C=O) groups is 4. The smallest absolute Gasteiger partial charge is 0.322 e. The minimum Gasteiger partial charge on any atom is -0.481 e. The summed E-state index contributed by atoms with van der Waals surface area (Å²) in [6, 6.07) is 5.96. The number of carbonyl (C=O) groups excluding carboxylic acids is 3. The summed E-state index contributed by atoms with van der Waals surface area (Å²) in [5.41, 5.74) is -0.246. The third-order valence-corrected chi connectivity index (χ3v) is 4.20. The molecule has 1 aromatic rings. The molecule has 1 saturated carbocycles. The predicted molar refractivity (Wildman–Crippen MR) is 78.3 cm³/mol. The van der Waals surface area contributed by atoms with Crippen LogP contribution >= 0.6 is 0 Å². The van der Waals surface area contributed by atoms with E-state index < -0.39 is 35.3 Å². The number of rotatable bonds is 4. The quantitative estimate of drug-likeness (QED) is 0.598. The number of carboxylic acid groups (broad SMARTS) is 1. The molecule has 3 atom stereocenters. The summed E-state index contributed by atoms with van der Waals surface area (Å²) in [7, 11) is 0. The molecule has 8 heteroatoms. The second-order valence-electron chi connectivity index (χ2n) is 5.89. The van der Waals surface area contributed by atoms with Crippen LogP contribution in [0.4, 0.5) is 10.5 Å². The second-order valence-corrected chi connectivity index (χ2v) is 5.89. The molecular weight excluding hydrogens is 302 g/mol. The average Bonchev–Trinajstić information content (AvgIpc) is 3.23. The number of hydrogen-bond donors (Lipinski definition) is 4. The maximum atomic E-state index is 12.0. The number of aliphatic carboxylic acids is 1. The lowest BCUT2D eigenvalue weighted by Crippen LogP contribution is -2.40. The molecule has 120 valence electrons. The molecule has 1 heterocycles. The number of hydrogen-bond acceptors (Lipinski definition) is 4. The molecule has 1 saturated heterocycles. The minimum absolute atomic E-state index is 0.330. The van der Waals surface area contributed by atoms with E-state index in [1.807, 2.05) is 0 Å². The average molecular weight is 317 g/mol. The van der Waals surface area contributed by atoms with Gasteiger partial charge in [-0.25, -0.2) is 4.79 Å². The van der Waals surface area contributed by atoms with Gasteiger partial charge in [0.2, 0.25) is 5.91 Å². The van der Waals surface area contributed by atoms with E-state index in [0.717, 1.165) is 0 Å². The highest BCUT2D eigenvalue weighted by molar-refractivity contribution is 6.07. The zero-order valence-corrected chi connectivity index (χ0v) is 12.3. The van der Waals surface area contributed by atoms with Crippen molar-refractivity contribution in [1.82, 2.24) is 10.6 Å². The van der Waals surface area contributed by atoms with Gasteiger partial charge >= 0.3 is 12.0 Å². The van der Waals surface area contributed by atoms with E-state index in [9.17, 15) is 19.2 Å². The van der Waals surface area contributed by atoms with Crippen molar-refractivity contribution in [3.05, 3.63) is 29.8 Å². The Labute approximate surface area is 131 Å². The molecule has 2 aliphatic rings. The summed E-state index contributed by atoms with van der Waals surface area (Å²) < 4.78 is 0. The highest BCUT2D eigenvalue weighted by Crippen LogP contribution is 2.39. The van der Waals surface area contributed by atoms with Crippen molar-refractivity contribution in [1.29, 1.82) is 0 Å².